The molecule has 0 amide bonds. The lowest BCUT2D eigenvalue weighted by Gasteiger charge is -2.59. The van der Waals surface area contributed by atoms with E-state index in [2.05, 4.69) is 19.2 Å². The first-order valence-corrected chi connectivity index (χ1v) is 9.41. The van der Waals surface area contributed by atoms with E-state index in [0.29, 0.717) is 5.41 Å². The van der Waals surface area contributed by atoms with E-state index >= 15 is 0 Å². The summed E-state index contributed by atoms with van der Waals surface area (Å²) in [5, 5.41) is 4.08. The molecule has 0 aromatic heterocycles. The van der Waals surface area contributed by atoms with Gasteiger partial charge in [-0.2, -0.15) is 0 Å². The molecule has 5 aliphatic carbocycles. The monoisotopic (exact) mass is 275 g/mol. The molecule has 2 atom stereocenters. The standard InChI is InChI=1S/C19H33N/c1-13(18-5-3-4-6-18)20-14(2)19-10-15-7-16(11-19)9-17(8-15)12-19/h13-18,20H,3-12H2,1-2H3/t13-,14?,15?,16?,17?,19?/m1/s1. The van der Waals surface area contributed by atoms with E-state index in [1.54, 1.807) is 38.5 Å². The van der Waals surface area contributed by atoms with Gasteiger partial charge in [0.05, 0.1) is 0 Å². The fraction of sp³-hybridized carbons (Fsp3) is 1.00. The lowest BCUT2D eigenvalue weighted by atomic mass is 9.48. The highest BCUT2D eigenvalue weighted by atomic mass is 15.0. The maximum atomic E-state index is 4.08. The Morgan fingerprint density at radius 3 is 1.85 bits per heavy atom. The van der Waals surface area contributed by atoms with Crippen molar-refractivity contribution in [1.82, 2.24) is 5.32 Å². The summed E-state index contributed by atoms with van der Waals surface area (Å²) in [5.74, 6) is 4.23. The molecular weight excluding hydrogens is 242 g/mol. The average Bonchev–Trinajstić information content (AvgIpc) is 2.90. The molecule has 0 radical (unpaired) electrons. The van der Waals surface area contributed by atoms with Gasteiger partial charge in [-0.05, 0) is 94.3 Å². The maximum Gasteiger partial charge on any atom is 0.00980 e. The summed E-state index contributed by atoms with van der Waals surface area (Å²) in [5.41, 5.74) is 0.682. The molecule has 1 heteroatoms. The smallest absolute Gasteiger partial charge is 0.00980 e. The summed E-state index contributed by atoms with van der Waals surface area (Å²) in [6.07, 6.45) is 15.3. The van der Waals surface area contributed by atoms with Gasteiger partial charge in [0.15, 0.2) is 0 Å². The van der Waals surface area contributed by atoms with Crippen LogP contribution in [0.25, 0.3) is 0 Å². The Bertz CT molecular complexity index is 319. The molecule has 20 heavy (non-hydrogen) atoms. The molecule has 5 aliphatic rings. The number of nitrogens with one attached hydrogen (secondary N) is 1. The predicted molar refractivity (Wildman–Crippen MR) is 84.6 cm³/mol. The van der Waals surface area contributed by atoms with Crippen molar-refractivity contribution in [3.05, 3.63) is 0 Å². The molecular formula is C19H33N. The lowest BCUT2D eigenvalue weighted by Crippen LogP contribution is -2.56. The van der Waals surface area contributed by atoms with E-state index in [-0.39, 0.29) is 0 Å². The molecule has 4 bridgehead atoms. The van der Waals surface area contributed by atoms with Crippen LogP contribution in [0.2, 0.25) is 0 Å². The van der Waals surface area contributed by atoms with Crippen molar-refractivity contribution < 1.29 is 0 Å². The third-order valence-corrected chi connectivity index (χ3v) is 7.62. The Hall–Kier alpha value is -0.0400. The van der Waals surface area contributed by atoms with Crippen LogP contribution in [0.5, 0.6) is 0 Å². The highest BCUT2D eigenvalue weighted by molar-refractivity contribution is 5.05. The first kappa shape index (κ1) is 13.6. The molecule has 114 valence electrons. The summed E-state index contributed by atoms with van der Waals surface area (Å²) in [6, 6.07) is 1.51. The third-order valence-electron chi connectivity index (χ3n) is 7.62. The topological polar surface area (TPSA) is 12.0 Å². The van der Waals surface area contributed by atoms with Gasteiger partial charge >= 0.3 is 0 Å². The molecule has 0 heterocycles. The van der Waals surface area contributed by atoms with Gasteiger partial charge in [0.1, 0.15) is 0 Å². The molecule has 0 aromatic rings. The number of hydrogen-bond donors (Lipinski definition) is 1. The Morgan fingerprint density at radius 1 is 0.850 bits per heavy atom. The second-order valence-corrected chi connectivity index (χ2v) is 9.00. The zero-order chi connectivity index (χ0) is 13.7. The fourth-order valence-corrected chi connectivity index (χ4v) is 6.87. The van der Waals surface area contributed by atoms with Crippen LogP contribution in [0.15, 0.2) is 0 Å². The minimum absolute atomic E-state index is 0.682. The third kappa shape index (κ3) is 2.25. The molecule has 0 aliphatic heterocycles. The van der Waals surface area contributed by atoms with E-state index < -0.39 is 0 Å². The van der Waals surface area contributed by atoms with Crippen LogP contribution in [-0.4, -0.2) is 12.1 Å². The summed E-state index contributed by atoms with van der Waals surface area (Å²) in [7, 11) is 0. The number of hydrogen-bond acceptors (Lipinski definition) is 1. The van der Waals surface area contributed by atoms with Crippen molar-refractivity contribution in [3.63, 3.8) is 0 Å². The summed E-state index contributed by atoms with van der Waals surface area (Å²) in [4.78, 5) is 0. The zero-order valence-corrected chi connectivity index (χ0v) is 13.5. The molecule has 0 aromatic carbocycles. The van der Waals surface area contributed by atoms with Gasteiger partial charge in [-0.25, -0.2) is 0 Å². The first-order valence-electron chi connectivity index (χ1n) is 9.41. The van der Waals surface area contributed by atoms with Crippen molar-refractivity contribution in [2.45, 2.75) is 90.1 Å². The lowest BCUT2D eigenvalue weighted by molar-refractivity contribution is -0.0727. The van der Waals surface area contributed by atoms with Crippen molar-refractivity contribution >= 4 is 0 Å². The molecule has 1 unspecified atom stereocenters. The van der Waals surface area contributed by atoms with Crippen LogP contribution in [-0.2, 0) is 0 Å². The normalized spacial score (nSPS) is 46.8. The molecule has 0 spiro atoms. The van der Waals surface area contributed by atoms with Crippen molar-refractivity contribution in [2.75, 3.05) is 0 Å². The van der Waals surface area contributed by atoms with Crippen LogP contribution >= 0.6 is 0 Å². The largest absolute Gasteiger partial charge is 0.311 e. The fourth-order valence-electron chi connectivity index (χ4n) is 6.87. The van der Waals surface area contributed by atoms with Crippen LogP contribution in [0, 0.1) is 29.1 Å². The van der Waals surface area contributed by atoms with Crippen LogP contribution in [0.3, 0.4) is 0 Å². The Morgan fingerprint density at radius 2 is 1.35 bits per heavy atom. The highest BCUT2D eigenvalue weighted by Gasteiger charge is 2.53. The molecule has 5 saturated carbocycles. The average molecular weight is 275 g/mol. The van der Waals surface area contributed by atoms with Crippen LogP contribution in [0.1, 0.15) is 78.1 Å². The van der Waals surface area contributed by atoms with Gasteiger partial charge in [-0.15, -0.1) is 0 Å². The van der Waals surface area contributed by atoms with E-state index in [1.807, 2.05) is 0 Å². The van der Waals surface area contributed by atoms with Crippen molar-refractivity contribution in [2.24, 2.45) is 29.1 Å². The highest BCUT2D eigenvalue weighted by Crippen LogP contribution is 2.61. The second kappa shape index (κ2) is 5.00. The van der Waals surface area contributed by atoms with E-state index in [0.717, 1.165) is 35.8 Å². The van der Waals surface area contributed by atoms with Crippen molar-refractivity contribution in [1.29, 1.82) is 0 Å². The van der Waals surface area contributed by atoms with Gasteiger partial charge in [-0.1, -0.05) is 12.8 Å². The van der Waals surface area contributed by atoms with E-state index in [4.69, 9.17) is 0 Å². The molecule has 5 rings (SSSR count). The molecule has 1 N–H and O–H groups in total. The van der Waals surface area contributed by atoms with Crippen molar-refractivity contribution in [3.8, 4) is 0 Å². The maximum absolute atomic E-state index is 4.08. The van der Waals surface area contributed by atoms with Gasteiger partial charge in [-0.3, -0.25) is 0 Å². The zero-order valence-electron chi connectivity index (χ0n) is 13.5. The van der Waals surface area contributed by atoms with Crippen LogP contribution < -0.4 is 5.32 Å². The van der Waals surface area contributed by atoms with Gasteiger partial charge in [0.25, 0.3) is 0 Å². The predicted octanol–water partition coefficient (Wildman–Crippen LogP) is 4.76. The van der Waals surface area contributed by atoms with E-state index in [9.17, 15) is 0 Å². The quantitative estimate of drug-likeness (QED) is 0.780. The van der Waals surface area contributed by atoms with Crippen LogP contribution in [0.4, 0.5) is 0 Å². The first-order chi connectivity index (χ1) is 9.64. The SMILES string of the molecule is CC(N[C@H](C)C1CCCC1)C12CC3CC(CC(C3)C1)C2. The second-order valence-electron chi connectivity index (χ2n) is 9.00. The minimum atomic E-state index is 0.682. The Balaban J connectivity index is 1.43. The number of rotatable bonds is 4. The summed E-state index contributed by atoms with van der Waals surface area (Å²) >= 11 is 0. The molecule has 5 fully saturated rings. The molecule has 0 saturated heterocycles. The van der Waals surface area contributed by atoms with Gasteiger partial charge < -0.3 is 5.32 Å². The van der Waals surface area contributed by atoms with Gasteiger partial charge in [0, 0.05) is 12.1 Å². The molecule has 1 nitrogen and oxygen atoms in total. The Kier molecular flexibility index (Phi) is 3.41. The summed E-state index contributed by atoms with van der Waals surface area (Å²) < 4.78 is 0. The minimum Gasteiger partial charge on any atom is -0.311 e. The van der Waals surface area contributed by atoms with E-state index in [1.165, 1.54) is 25.7 Å². The summed E-state index contributed by atoms with van der Waals surface area (Å²) in [6.45, 7) is 4.99. The van der Waals surface area contributed by atoms with Gasteiger partial charge in [0.2, 0.25) is 0 Å². The Labute approximate surface area is 125 Å².